The molecular formula is C17H31N3O2. The lowest BCUT2D eigenvalue weighted by molar-refractivity contribution is 0.0912. The molecule has 0 aliphatic carbocycles. The van der Waals surface area contributed by atoms with E-state index < -0.39 is 0 Å². The van der Waals surface area contributed by atoms with Gasteiger partial charge in [-0.05, 0) is 39.8 Å². The highest BCUT2D eigenvalue weighted by Crippen LogP contribution is 2.22. The third kappa shape index (κ3) is 5.13. The van der Waals surface area contributed by atoms with Crippen LogP contribution in [0, 0.1) is 0 Å². The van der Waals surface area contributed by atoms with E-state index in [1.807, 2.05) is 6.92 Å². The highest BCUT2D eigenvalue weighted by molar-refractivity contribution is 5.92. The van der Waals surface area contributed by atoms with Gasteiger partial charge in [0.05, 0.1) is 0 Å². The molecule has 0 saturated carbocycles. The molecule has 1 aromatic rings. The second-order valence-electron chi connectivity index (χ2n) is 6.16. The van der Waals surface area contributed by atoms with Crippen LogP contribution in [0.5, 0.6) is 0 Å². The van der Waals surface area contributed by atoms with Crippen LogP contribution in [0.4, 0.5) is 0 Å². The van der Waals surface area contributed by atoms with Gasteiger partial charge in [-0.1, -0.05) is 32.3 Å². The predicted molar refractivity (Wildman–Crippen MR) is 89.1 cm³/mol. The minimum atomic E-state index is -0.155. The molecule has 0 aliphatic rings. The molecule has 22 heavy (non-hydrogen) atoms. The standard InChI is InChI=1S/C17H31N3O2/c1-6-9-12-20(5)17(4,8-3)10-11-18-16(21)15-13-14(7-2)22-19-15/h13H,6-12H2,1-5H3,(H,18,21). The fourth-order valence-corrected chi connectivity index (χ4v) is 2.43. The fraction of sp³-hybridized carbons (Fsp3) is 0.765. The number of carbonyl (C=O) groups excluding carboxylic acids is 1. The Balaban J connectivity index is 2.47. The number of amides is 1. The van der Waals surface area contributed by atoms with Crippen molar-refractivity contribution in [1.82, 2.24) is 15.4 Å². The van der Waals surface area contributed by atoms with Crippen LogP contribution in [0.3, 0.4) is 0 Å². The van der Waals surface area contributed by atoms with Crippen LogP contribution in [-0.4, -0.2) is 41.6 Å². The molecule has 5 nitrogen and oxygen atoms in total. The summed E-state index contributed by atoms with van der Waals surface area (Å²) in [5.41, 5.74) is 0.482. The first-order chi connectivity index (χ1) is 10.5. The number of aromatic nitrogens is 1. The molecule has 1 aromatic heterocycles. The maximum atomic E-state index is 12.0. The summed E-state index contributed by atoms with van der Waals surface area (Å²) in [6, 6.07) is 1.71. The number of rotatable bonds is 10. The van der Waals surface area contributed by atoms with Crippen LogP contribution in [0.25, 0.3) is 0 Å². The summed E-state index contributed by atoms with van der Waals surface area (Å²) in [7, 11) is 2.17. The van der Waals surface area contributed by atoms with Crippen LogP contribution >= 0.6 is 0 Å². The highest BCUT2D eigenvalue weighted by atomic mass is 16.5. The summed E-state index contributed by atoms with van der Waals surface area (Å²) >= 11 is 0. The Morgan fingerprint density at radius 2 is 2.14 bits per heavy atom. The van der Waals surface area contributed by atoms with Crippen LogP contribution < -0.4 is 5.32 Å². The molecule has 0 bridgehead atoms. The van der Waals surface area contributed by atoms with Crippen molar-refractivity contribution in [1.29, 1.82) is 0 Å². The van der Waals surface area contributed by atoms with E-state index in [4.69, 9.17) is 4.52 Å². The Labute approximate surface area is 134 Å². The van der Waals surface area contributed by atoms with Gasteiger partial charge in [0.25, 0.3) is 5.91 Å². The van der Waals surface area contributed by atoms with Gasteiger partial charge in [-0.3, -0.25) is 4.79 Å². The second kappa shape index (κ2) is 8.93. The fourth-order valence-electron chi connectivity index (χ4n) is 2.43. The number of carbonyl (C=O) groups is 1. The maximum absolute atomic E-state index is 12.0. The average molecular weight is 309 g/mol. The highest BCUT2D eigenvalue weighted by Gasteiger charge is 2.26. The van der Waals surface area contributed by atoms with Crippen molar-refractivity contribution < 1.29 is 9.32 Å². The van der Waals surface area contributed by atoms with Crippen LogP contribution in [0.1, 0.15) is 69.6 Å². The van der Waals surface area contributed by atoms with Crippen molar-refractivity contribution in [3.63, 3.8) is 0 Å². The zero-order chi connectivity index (χ0) is 16.6. The Kier molecular flexibility index (Phi) is 7.59. The Hall–Kier alpha value is -1.36. The monoisotopic (exact) mass is 309 g/mol. The molecule has 1 rings (SSSR count). The number of aryl methyl sites for hydroxylation is 1. The molecule has 126 valence electrons. The van der Waals surface area contributed by atoms with Gasteiger partial charge in [-0.15, -0.1) is 0 Å². The topological polar surface area (TPSA) is 58.4 Å². The molecule has 0 fully saturated rings. The van der Waals surface area contributed by atoms with E-state index in [0.717, 1.165) is 31.6 Å². The van der Waals surface area contributed by atoms with E-state index in [9.17, 15) is 4.79 Å². The first-order valence-electron chi connectivity index (χ1n) is 8.41. The molecule has 0 radical (unpaired) electrons. The van der Waals surface area contributed by atoms with Crippen LogP contribution in [0.15, 0.2) is 10.6 Å². The average Bonchev–Trinajstić information content (AvgIpc) is 3.01. The third-order valence-corrected chi connectivity index (χ3v) is 4.62. The number of hydrogen-bond acceptors (Lipinski definition) is 4. The van der Waals surface area contributed by atoms with Gasteiger partial charge in [0.1, 0.15) is 5.76 Å². The van der Waals surface area contributed by atoms with Gasteiger partial charge in [0.2, 0.25) is 0 Å². The van der Waals surface area contributed by atoms with Crippen molar-refractivity contribution in [2.75, 3.05) is 20.1 Å². The molecule has 0 aliphatic heterocycles. The van der Waals surface area contributed by atoms with E-state index in [1.165, 1.54) is 12.8 Å². The van der Waals surface area contributed by atoms with Crippen molar-refractivity contribution in [2.45, 2.75) is 65.3 Å². The molecule has 1 amide bonds. The van der Waals surface area contributed by atoms with E-state index in [2.05, 4.69) is 43.2 Å². The van der Waals surface area contributed by atoms with Crippen molar-refractivity contribution in [2.24, 2.45) is 0 Å². The molecule has 1 heterocycles. The van der Waals surface area contributed by atoms with E-state index in [0.29, 0.717) is 12.2 Å². The molecule has 0 spiro atoms. The number of hydrogen-bond donors (Lipinski definition) is 1. The van der Waals surface area contributed by atoms with Crippen molar-refractivity contribution in [3.8, 4) is 0 Å². The summed E-state index contributed by atoms with van der Waals surface area (Å²) in [4.78, 5) is 14.5. The smallest absolute Gasteiger partial charge is 0.273 e. The van der Waals surface area contributed by atoms with Crippen LogP contribution in [-0.2, 0) is 6.42 Å². The lowest BCUT2D eigenvalue weighted by atomic mass is 9.92. The molecular weight excluding hydrogens is 278 g/mol. The molecule has 1 atom stereocenters. The lowest BCUT2D eigenvalue weighted by Gasteiger charge is -2.38. The quantitative estimate of drug-likeness (QED) is 0.721. The second-order valence-corrected chi connectivity index (χ2v) is 6.16. The summed E-state index contributed by atoms with van der Waals surface area (Å²) in [5, 5.41) is 6.75. The largest absolute Gasteiger partial charge is 0.361 e. The Morgan fingerprint density at radius 3 is 2.68 bits per heavy atom. The van der Waals surface area contributed by atoms with Crippen LogP contribution in [0.2, 0.25) is 0 Å². The van der Waals surface area contributed by atoms with Gasteiger partial charge in [0.15, 0.2) is 5.69 Å². The Morgan fingerprint density at radius 1 is 1.41 bits per heavy atom. The van der Waals surface area contributed by atoms with Gasteiger partial charge >= 0.3 is 0 Å². The van der Waals surface area contributed by atoms with Gasteiger partial charge in [-0.2, -0.15) is 0 Å². The summed E-state index contributed by atoms with van der Waals surface area (Å²) in [6.45, 7) is 10.4. The van der Waals surface area contributed by atoms with Crippen molar-refractivity contribution in [3.05, 3.63) is 17.5 Å². The lowest BCUT2D eigenvalue weighted by Crippen LogP contribution is -2.46. The zero-order valence-electron chi connectivity index (χ0n) is 14.7. The van der Waals surface area contributed by atoms with E-state index in [-0.39, 0.29) is 11.4 Å². The molecule has 0 aromatic carbocycles. The van der Waals surface area contributed by atoms with E-state index in [1.54, 1.807) is 6.07 Å². The summed E-state index contributed by atoms with van der Waals surface area (Å²) in [6.07, 6.45) is 5.14. The maximum Gasteiger partial charge on any atom is 0.273 e. The Bertz CT molecular complexity index is 459. The number of unbranched alkanes of at least 4 members (excludes halogenated alkanes) is 1. The van der Waals surface area contributed by atoms with Gasteiger partial charge in [-0.25, -0.2) is 0 Å². The zero-order valence-corrected chi connectivity index (χ0v) is 14.7. The predicted octanol–water partition coefficient (Wildman–Crippen LogP) is 3.26. The molecule has 1 N–H and O–H groups in total. The number of nitrogens with one attached hydrogen (secondary N) is 1. The van der Waals surface area contributed by atoms with Gasteiger partial charge in [0, 0.05) is 24.6 Å². The minimum absolute atomic E-state index is 0.112. The summed E-state index contributed by atoms with van der Waals surface area (Å²) < 4.78 is 5.07. The normalized spacial score (nSPS) is 14.1. The van der Waals surface area contributed by atoms with Crippen molar-refractivity contribution >= 4 is 5.91 Å². The van der Waals surface area contributed by atoms with Gasteiger partial charge < -0.3 is 14.7 Å². The summed E-state index contributed by atoms with van der Waals surface area (Å²) in [5.74, 6) is 0.584. The first-order valence-corrected chi connectivity index (χ1v) is 8.41. The third-order valence-electron chi connectivity index (χ3n) is 4.62. The SMILES string of the molecule is CCCCN(C)C(C)(CC)CCNC(=O)c1cc(CC)on1. The molecule has 1 unspecified atom stereocenters. The molecule has 0 saturated heterocycles. The first kappa shape index (κ1) is 18.7. The van der Waals surface area contributed by atoms with E-state index >= 15 is 0 Å². The number of nitrogens with zero attached hydrogens (tertiary/aromatic N) is 2. The minimum Gasteiger partial charge on any atom is -0.361 e. The molecule has 5 heteroatoms.